The molecule has 9 heteroatoms. The standard InChI is InChI=1S/C15H14FNO6S/c1-8(11(17)7-14(18)22-2)5-13-15(19)10-4-3-9(16)6-12(10)23-24(13,20)21/h3-6H,7,17H2,1-2H3/b11-8-,13-5+. The number of ketones is 1. The Balaban J connectivity index is 2.50. The summed E-state index contributed by atoms with van der Waals surface area (Å²) >= 11 is 0. The molecule has 0 radical (unpaired) electrons. The number of carbonyl (C=O) groups excluding carboxylic acids is 2. The molecule has 1 heterocycles. The van der Waals surface area contributed by atoms with Gasteiger partial charge in [-0.2, -0.15) is 8.42 Å². The highest BCUT2D eigenvalue weighted by Gasteiger charge is 2.36. The Morgan fingerprint density at radius 2 is 2.08 bits per heavy atom. The summed E-state index contributed by atoms with van der Waals surface area (Å²) in [5, 5.41) is 0. The van der Waals surface area contributed by atoms with Crippen LogP contribution >= 0.6 is 0 Å². The van der Waals surface area contributed by atoms with E-state index in [1.807, 2.05) is 0 Å². The highest BCUT2D eigenvalue weighted by molar-refractivity contribution is 7.92. The van der Waals surface area contributed by atoms with E-state index < -0.39 is 32.6 Å². The average Bonchev–Trinajstić information content (AvgIpc) is 2.50. The van der Waals surface area contributed by atoms with Crippen molar-refractivity contribution in [2.75, 3.05) is 7.11 Å². The predicted molar refractivity (Wildman–Crippen MR) is 81.9 cm³/mol. The summed E-state index contributed by atoms with van der Waals surface area (Å²) < 4.78 is 46.6. The van der Waals surface area contributed by atoms with Crippen LogP contribution in [0.1, 0.15) is 23.7 Å². The van der Waals surface area contributed by atoms with Gasteiger partial charge in [0.25, 0.3) is 0 Å². The highest BCUT2D eigenvalue weighted by atomic mass is 32.2. The van der Waals surface area contributed by atoms with E-state index in [-0.39, 0.29) is 29.0 Å². The molecule has 0 saturated heterocycles. The molecule has 7 nitrogen and oxygen atoms in total. The average molecular weight is 355 g/mol. The summed E-state index contributed by atoms with van der Waals surface area (Å²) in [6, 6.07) is 2.96. The Labute approximate surface area is 137 Å². The van der Waals surface area contributed by atoms with Gasteiger partial charge in [0.2, 0.25) is 5.78 Å². The first kappa shape index (κ1) is 17.7. The molecule has 0 unspecified atom stereocenters. The molecule has 1 aromatic carbocycles. The minimum atomic E-state index is -4.43. The second-order valence-electron chi connectivity index (χ2n) is 4.98. The van der Waals surface area contributed by atoms with Crippen LogP contribution in [0.2, 0.25) is 0 Å². The third kappa shape index (κ3) is 3.46. The molecule has 0 fully saturated rings. The van der Waals surface area contributed by atoms with Crippen molar-refractivity contribution in [3.63, 3.8) is 0 Å². The molecule has 0 bridgehead atoms. The summed E-state index contributed by atoms with van der Waals surface area (Å²) in [5.74, 6) is -2.56. The molecule has 0 aromatic heterocycles. The Bertz CT molecular complexity index is 885. The van der Waals surface area contributed by atoms with E-state index in [1.165, 1.54) is 14.0 Å². The van der Waals surface area contributed by atoms with E-state index in [2.05, 4.69) is 4.74 Å². The van der Waals surface area contributed by atoms with Crippen LogP contribution in [-0.2, 0) is 19.6 Å². The smallest absolute Gasteiger partial charge is 0.343 e. The number of benzene rings is 1. The molecule has 0 spiro atoms. The number of hydrogen-bond acceptors (Lipinski definition) is 7. The number of halogens is 1. The van der Waals surface area contributed by atoms with E-state index in [9.17, 15) is 22.4 Å². The Hall–Kier alpha value is -2.68. The lowest BCUT2D eigenvalue weighted by Crippen LogP contribution is -2.25. The Morgan fingerprint density at radius 1 is 1.42 bits per heavy atom. The molecule has 0 atom stereocenters. The number of ether oxygens (including phenoxy) is 1. The quantitative estimate of drug-likeness (QED) is 0.495. The lowest BCUT2D eigenvalue weighted by atomic mass is 10.1. The van der Waals surface area contributed by atoms with Crippen molar-refractivity contribution < 1.29 is 31.3 Å². The molecular weight excluding hydrogens is 341 g/mol. The number of fused-ring (bicyclic) bond motifs is 1. The molecule has 0 amide bonds. The van der Waals surface area contributed by atoms with Crippen molar-refractivity contribution in [3.05, 3.63) is 51.8 Å². The number of carbonyl (C=O) groups is 2. The molecule has 128 valence electrons. The fourth-order valence-electron chi connectivity index (χ4n) is 1.96. The van der Waals surface area contributed by atoms with Crippen LogP contribution in [0.4, 0.5) is 4.39 Å². The Morgan fingerprint density at radius 3 is 2.71 bits per heavy atom. The first-order chi connectivity index (χ1) is 11.2. The summed E-state index contributed by atoms with van der Waals surface area (Å²) in [7, 11) is -3.24. The topological polar surface area (TPSA) is 113 Å². The third-order valence-electron chi connectivity index (χ3n) is 3.30. The van der Waals surface area contributed by atoms with Gasteiger partial charge in [-0.3, -0.25) is 9.59 Å². The van der Waals surface area contributed by atoms with Crippen LogP contribution in [0.5, 0.6) is 5.75 Å². The zero-order valence-corrected chi connectivity index (χ0v) is 13.6. The minimum absolute atomic E-state index is 0.0438. The minimum Gasteiger partial charge on any atom is -0.469 e. The van der Waals surface area contributed by atoms with E-state index in [0.717, 1.165) is 24.3 Å². The summed E-state index contributed by atoms with van der Waals surface area (Å²) in [6.07, 6.45) is 0.755. The second-order valence-corrected chi connectivity index (χ2v) is 6.49. The van der Waals surface area contributed by atoms with Gasteiger partial charge in [0.1, 0.15) is 5.82 Å². The number of methoxy groups -OCH3 is 1. The van der Waals surface area contributed by atoms with Crippen LogP contribution in [0.25, 0.3) is 0 Å². The van der Waals surface area contributed by atoms with Crippen LogP contribution in [0.15, 0.2) is 40.5 Å². The normalized spacial score (nSPS) is 18.5. The van der Waals surface area contributed by atoms with E-state index in [0.29, 0.717) is 0 Å². The fourth-order valence-corrected chi connectivity index (χ4v) is 3.08. The largest absolute Gasteiger partial charge is 0.469 e. The SMILES string of the molecule is COC(=O)C/C(N)=C(C)/C=C1\C(=O)c2ccc(F)cc2OS1(=O)=O. The predicted octanol–water partition coefficient (Wildman–Crippen LogP) is 1.41. The molecule has 2 rings (SSSR count). The number of allylic oxidation sites excluding steroid dienone is 3. The maximum Gasteiger partial charge on any atom is 0.343 e. The van der Waals surface area contributed by atoms with Gasteiger partial charge in [-0.15, -0.1) is 0 Å². The lowest BCUT2D eigenvalue weighted by Gasteiger charge is -2.18. The fraction of sp³-hybridized carbons (Fsp3) is 0.200. The van der Waals surface area contributed by atoms with E-state index in [4.69, 9.17) is 9.92 Å². The number of rotatable bonds is 3. The van der Waals surface area contributed by atoms with Gasteiger partial charge in [-0.25, -0.2) is 4.39 Å². The molecule has 2 N–H and O–H groups in total. The highest BCUT2D eigenvalue weighted by Crippen LogP contribution is 2.33. The van der Waals surface area contributed by atoms with E-state index >= 15 is 0 Å². The number of nitrogens with two attached hydrogens (primary N) is 1. The van der Waals surface area contributed by atoms with Gasteiger partial charge in [0.05, 0.1) is 19.1 Å². The summed E-state index contributed by atoms with van der Waals surface area (Å²) in [4.78, 5) is 22.9. The maximum atomic E-state index is 13.2. The molecular formula is C15H14FNO6S. The zero-order chi connectivity index (χ0) is 18.1. The monoisotopic (exact) mass is 355 g/mol. The molecule has 0 aliphatic carbocycles. The van der Waals surface area contributed by atoms with Crippen LogP contribution in [-0.4, -0.2) is 27.3 Å². The lowest BCUT2D eigenvalue weighted by molar-refractivity contribution is -0.139. The van der Waals surface area contributed by atoms with Crippen LogP contribution < -0.4 is 9.92 Å². The second kappa shape index (κ2) is 6.44. The van der Waals surface area contributed by atoms with Crippen molar-refractivity contribution in [1.29, 1.82) is 0 Å². The summed E-state index contributed by atoms with van der Waals surface area (Å²) in [5.41, 5.74) is 5.85. The number of hydrogen-bond donors (Lipinski definition) is 1. The first-order valence-electron chi connectivity index (χ1n) is 6.68. The number of esters is 1. The van der Waals surface area contributed by atoms with E-state index in [1.54, 1.807) is 0 Å². The van der Waals surface area contributed by atoms with Crippen molar-refractivity contribution in [2.45, 2.75) is 13.3 Å². The first-order valence-corrected chi connectivity index (χ1v) is 8.09. The van der Waals surface area contributed by atoms with Crippen molar-refractivity contribution >= 4 is 21.9 Å². The molecule has 1 aliphatic heterocycles. The molecule has 24 heavy (non-hydrogen) atoms. The molecule has 1 aromatic rings. The van der Waals surface area contributed by atoms with Gasteiger partial charge in [0, 0.05) is 11.8 Å². The third-order valence-corrected chi connectivity index (χ3v) is 4.54. The van der Waals surface area contributed by atoms with Crippen molar-refractivity contribution in [1.82, 2.24) is 0 Å². The van der Waals surface area contributed by atoms with Crippen LogP contribution in [0.3, 0.4) is 0 Å². The van der Waals surface area contributed by atoms with Gasteiger partial charge in [-0.05, 0) is 30.7 Å². The summed E-state index contributed by atoms with van der Waals surface area (Å²) in [6.45, 7) is 1.44. The maximum absolute atomic E-state index is 13.2. The van der Waals surface area contributed by atoms with Gasteiger partial charge in [-0.1, -0.05) is 0 Å². The molecule has 1 aliphatic rings. The van der Waals surface area contributed by atoms with Crippen molar-refractivity contribution in [2.24, 2.45) is 5.73 Å². The Kier molecular flexibility index (Phi) is 4.74. The van der Waals surface area contributed by atoms with Gasteiger partial charge in [0.15, 0.2) is 10.7 Å². The molecule has 0 saturated carbocycles. The number of Topliss-reactive ketones (excluding diaryl/α,β-unsaturated/α-hetero) is 1. The van der Waals surface area contributed by atoms with Crippen molar-refractivity contribution in [3.8, 4) is 5.75 Å². The van der Waals surface area contributed by atoms with Crippen LogP contribution in [0, 0.1) is 5.82 Å². The van der Waals surface area contributed by atoms with Gasteiger partial charge >= 0.3 is 16.1 Å². The van der Waals surface area contributed by atoms with Gasteiger partial charge < -0.3 is 14.7 Å². The zero-order valence-electron chi connectivity index (χ0n) is 12.8.